The van der Waals surface area contributed by atoms with E-state index in [9.17, 15) is 9.59 Å². The third-order valence-electron chi connectivity index (χ3n) is 7.46. The smallest absolute Gasteiger partial charge is 0.270 e. The second-order valence-corrected chi connectivity index (χ2v) is 10.6. The minimum atomic E-state index is 0.0169. The molecule has 1 aromatic carbocycles. The molecule has 0 saturated carbocycles. The number of likely N-dealkylation sites (tertiary alicyclic amines) is 1. The Balaban J connectivity index is 1.18. The molecular formula is C27H34N4O2S. The summed E-state index contributed by atoms with van der Waals surface area (Å²) in [6, 6.07) is 13.0. The monoisotopic (exact) mass is 478 g/mol. The highest BCUT2D eigenvalue weighted by molar-refractivity contribution is 7.17. The number of nitrogens with zero attached hydrogens (tertiary/aromatic N) is 4. The van der Waals surface area contributed by atoms with Crippen molar-refractivity contribution in [3.8, 4) is 0 Å². The minimum Gasteiger partial charge on any atom is -0.365 e. The van der Waals surface area contributed by atoms with E-state index in [1.807, 2.05) is 11.0 Å². The largest absolute Gasteiger partial charge is 0.365 e. The van der Waals surface area contributed by atoms with Crippen molar-refractivity contribution in [3.63, 3.8) is 0 Å². The van der Waals surface area contributed by atoms with Crippen molar-refractivity contribution in [1.29, 1.82) is 0 Å². The maximum absolute atomic E-state index is 13.3. The van der Waals surface area contributed by atoms with Crippen molar-refractivity contribution in [3.05, 3.63) is 53.0 Å². The third-order valence-corrected chi connectivity index (χ3v) is 8.32. The Morgan fingerprint density at radius 1 is 1.03 bits per heavy atom. The number of benzene rings is 1. The van der Waals surface area contributed by atoms with Gasteiger partial charge in [0.2, 0.25) is 5.91 Å². The van der Waals surface area contributed by atoms with Gasteiger partial charge < -0.3 is 19.3 Å². The van der Waals surface area contributed by atoms with Gasteiger partial charge in [-0.3, -0.25) is 9.59 Å². The minimum absolute atomic E-state index is 0.0169. The molecule has 5 rings (SSSR count). The van der Waals surface area contributed by atoms with Crippen LogP contribution in [0.15, 0.2) is 41.8 Å². The fourth-order valence-corrected chi connectivity index (χ4v) is 6.41. The summed E-state index contributed by atoms with van der Waals surface area (Å²) in [4.78, 5) is 33.0. The maximum Gasteiger partial charge on any atom is 0.270 e. The van der Waals surface area contributed by atoms with Gasteiger partial charge in [-0.1, -0.05) is 12.1 Å². The van der Waals surface area contributed by atoms with Crippen LogP contribution in [-0.2, 0) is 11.3 Å². The number of piperazine rings is 1. The van der Waals surface area contributed by atoms with Crippen molar-refractivity contribution in [2.45, 2.75) is 46.2 Å². The predicted molar refractivity (Wildman–Crippen MR) is 139 cm³/mol. The second-order valence-electron chi connectivity index (χ2n) is 9.68. The van der Waals surface area contributed by atoms with Gasteiger partial charge in [-0.05, 0) is 68.8 Å². The summed E-state index contributed by atoms with van der Waals surface area (Å²) in [5.41, 5.74) is 4.41. The van der Waals surface area contributed by atoms with E-state index in [1.54, 1.807) is 11.3 Å². The summed E-state index contributed by atoms with van der Waals surface area (Å²) < 4.78 is 3.27. The molecule has 2 fully saturated rings. The van der Waals surface area contributed by atoms with Gasteiger partial charge in [-0.2, -0.15) is 0 Å². The molecule has 2 aliphatic heterocycles. The van der Waals surface area contributed by atoms with E-state index in [0.29, 0.717) is 13.1 Å². The lowest BCUT2D eigenvalue weighted by Gasteiger charge is -2.43. The highest BCUT2D eigenvalue weighted by Gasteiger charge is 2.34. The molecule has 0 spiro atoms. The number of hydrogen-bond acceptors (Lipinski definition) is 4. The molecule has 34 heavy (non-hydrogen) atoms. The number of thiophene rings is 1. The van der Waals surface area contributed by atoms with Crippen LogP contribution in [0.25, 0.3) is 10.2 Å². The zero-order valence-corrected chi connectivity index (χ0v) is 21.2. The first-order valence-corrected chi connectivity index (χ1v) is 13.3. The van der Waals surface area contributed by atoms with Crippen molar-refractivity contribution in [2.75, 3.05) is 37.6 Å². The van der Waals surface area contributed by atoms with Gasteiger partial charge >= 0.3 is 0 Å². The number of anilines is 1. The molecule has 4 heterocycles. The summed E-state index contributed by atoms with van der Waals surface area (Å²) in [6.07, 6.45) is 1.50. The Morgan fingerprint density at radius 2 is 1.82 bits per heavy atom. The van der Waals surface area contributed by atoms with Crippen LogP contribution in [0.5, 0.6) is 0 Å². The van der Waals surface area contributed by atoms with Gasteiger partial charge in [-0.25, -0.2) is 0 Å². The zero-order valence-electron chi connectivity index (χ0n) is 20.4. The molecule has 6 nitrogen and oxygen atoms in total. The Morgan fingerprint density at radius 3 is 2.53 bits per heavy atom. The van der Waals surface area contributed by atoms with Crippen LogP contribution in [0, 0.1) is 12.8 Å². The number of amides is 2. The molecule has 2 saturated heterocycles. The average molecular weight is 479 g/mol. The molecule has 2 aliphatic rings. The topological polar surface area (TPSA) is 48.8 Å². The second kappa shape index (κ2) is 9.45. The van der Waals surface area contributed by atoms with Crippen molar-refractivity contribution >= 4 is 39.1 Å². The number of aromatic nitrogens is 1. The van der Waals surface area contributed by atoms with Gasteiger partial charge in [0.05, 0.1) is 10.2 Å². The lowest BCUT2D eigenvalue weighted by molar-refractivity contribution is -0.137. The normalized spacial score (nSPS) is 19.7. The van der Waals surface area contributed by atoms with Crippen LogP contribution in [0.1, 0.15) is 42.7 Å². The lowest BCUT2D eigenvalue weighted by Crippen LogP contribution is -2.55. The molecule has 0 radical (unpaired) electrons. The van der Waals surface area contributed by atoms with Crippen LogP contribution < -0.4 is 4.90 Å². The van der Waals surface area contributed by atoms with Crippen LogP contribution >= 0.6 is 11.3 Å². The summed E-state index contributed by atoms with van der Waals surface area (Å²) in [7, 11) is 0. The number of fused-ring (bicyclic) bond motifs is 1. The molecule has 1 atom stereocenters. The van der Waals surface area contributed by atoms with E-state index in [4.69, 9.17) is 0 Å². The Labute approximate surface area is 205 Å². The van der Waals surface area contributed by atoms with E-state index in [-0.39, 0.29) is 23.8 Å². The van der Waals surface area contributed by atoms with Crippen LogP contribution in [0.4, 0.5) is 5.69 Å². The van der Waals surface area contributed by atoms with E-state index in [2.05, 4.69) is 70.9 Å². The Kier molecular flexibility index (Phi) is 6.38. The Hall–Kier alpha value is -2.80. The number of rotatable bonds is 4. The first-order chi connectivity index (χ1) is 16.5. The van der Waals surface area contributed by atoms with Crippen LogP contribution in [0.2, 0.25) is 0 Å². The molecule has 0 aliphatic carbocycles. The van der Waals surface area contributed by atoms with Gasteiger partial charge in [-0.15, -0.1) is 11.3 Å². The highest BCUT2D eigenvalue weighted by Crippen LogP contribution is 2.29. The molecule has 0 N–H and O–H groups in total. The average Bonchev–Trinajstić information content (AvgIpc) is 3.44. The zero-order chi connectivity index (χ0) is 23.8. The number of hydrogen-bond donors (Lipinski definition) is 0. The fourth-order valence-electron chi connectivity index (χ4n) is 5.59. The third kappa shape index (κ3) is 4.22. The molecule has 1 unspecified atom stereocenters. The summed E-state index contributed by atoms with van der Waals surface area (Å²) in [5.74, 6) is 0.375. The molecule has 2 amide bonds. The summed E-state index contributed by atoms with van der Waals surface area (Å²) >= 11 is 1.68. The fraction of sp³-hybridized carbons (Fsp3) is 0.481. The lowest BCUT2D eigenvalue weighted by atomic mass is 9.94. The van der Waals surface area contributed by atoms with E-state index < -0.39 is 0 Å². The molecule has 7 heteroatoms. The Bertz CT molecular complexity index is 1190. The van der Waals surface area contributed by atoms with Gasteiger partial charge in [0, 0.05) is 56.9 Å². The highest BCUT2D eigenvalue weighted by atomic mass is 32.1. The molecule has 2 aromatic heterocycles. The van der Waals surface area contributed by atoms with Crippen molar-refractivity contribution < 1.29 is 9.59 Å². The SMILES string of the molecule is CCn1c(C(=O)N2CCC(C(=O)N3CCN(c4cccc(C)c4)C(C)C3)CC2)cc2sccc21. The first kappa shape index (κ1) is 23.0. The van der Waals surface area contributed by atoms with Crippen molar-refractivity contribution in [2.24, 2.45) is 5.92 Å². The standard InChI is InChI=1S/C27H34N4O2S/c1-4-30-23-10-15-34-25(23)17-24(30)27(33)28-11-8-21(9-12-28)26(32)29-13-14-31(20(3)18-29)22-7-5-6-19(2)16-22/h5-7,10,15-17,20-21H,4,8-9,11-14,18H2,1-3H3. The van der Waals surface area contributed by atoms with E-state index in [0.717, 1.165) is 54.9 Å². The van der Waals surface area contributed by atoms with Gasteiger partial charge in [0.1, 0.15) is 5.69 Å². The van der Waals surface area contributed by atoms with E-state index in [1.165, 1.54) is 11.3 Å². The summed E-state index contributed by atoms with van der Waals surface area (Å²) in [5, 5.41) is 2.07. The molecule has 0 bridgehead atoms. The maximum atomic E-state index is 13.3. The van der Waals surface area contributed by atoms with Crippen LogP contribution in [0.3, 0.4) is 0 Å². The molecule has 3 aromatic rings. The number of carbonyl (C=O) groups is 2. The van der Waals surface area contributed by atoms with Crippen molar-refractivity contribution in [1.82, 2.24) is 14.4 Å². The number of piperidine rings is 1. The number of aryl methyl sites for hydroxylation is 2. The van der Waals surface area contributed by atoms with Gasteiger partial charge in [0.15, 0.2) is 0 Å². The van der Waals surface area contributed by atoms with E-state index >= 15 is 0 Å². The molecular weight excluding hydrogens is 444 g/mol. The number of carbonyl (C=O) groups excluding carboxylic acids is 2. The summed E-state index contributed by atoms with van der Waals surface area (Å²) in [6.45, 7) is 10.9. The first-order valence-electron chi connectivity index (χ1n) is 12.4. The molecule has 180 valence electrons. The quantitative estimate of drug-likeness (QED) is 0.550. The predicted octanol–water partition coefficient (Wildman–Crippen LogP) is 4.62. The van der Waals surface area contributed by atoms with Crippen LogP contribution in [-0.4, -0.2) is 64.9 Å². The van der Waals surface area contributed by atoms with Gasteiger partial charge in [0.25, 0.3) is 5.91 Å².